The van der Waals surface area contributed by atoms with Crippen LogP contribution in [-0.4, -0.2) is 18.2 Å². The van der Waals surface area contributed by atoms with Crippen LogP contribution in [0.4, 0.5) is 0 Å². The molecule has 4 nitrogen and oxygen atoms in total. The molecule has 0 radical (unpaired) electrons. The lowest BCUT2D eigenvalue weighted by Gasteiger charge is -2.23. The molecular weight excluding hydrogens is 164 g/mol. The molecule has 0 aliphatic rings. The molecule has 0 saturated carbocycles. The topological polar surface area (TPSA) is 65.9 Å². The molecule has 13 heavy (non-hydrogen) atoms. The average molecular weight is 182 g/mol. The molecule has 1 heterocycles. The first-order valence-corrected chi connectivity index (χ1v) is 4.45. The average Bonchev–Trinajstić information content (AvgIpc) is 2.56. The SMILES string of the molecule is CC(C)(CNCNN)c1ccc[nH]1. The predicted molar refractivity (Wildman–Crippen MR) is 54.0 cm³/mol. The first-order chi connectivity index (χ1) is 6.17. The van der Waals surface area contributed by atoms with Gasteiger partial charge in [0.25, 0.3) is 0 Å². The Morgan fingerprint density at radius 2 is 2.31 bits per heavy atom. The quantitative estimate of drug-likeness (QED) is 0.229. The minimum absolute atomic E-state index is 0.111. The third-order valence-electron chi connectivity index (χ3n) is 2.12. The lowest BCUT2D eigenvalue weighted by atomic mass is 9.89. The second-order valence-electron chi connectivity index (χ2n) is 3.78. The van der Waals surface area contributed by atoms with Gasteiger partial charge in [0.05, 0.1) is 6.67 Å². The molecule has 0 aliphatic heterocycles. The number of hydrogen-bond acceptors (Lipinski definition) is 3. The van der Waals surface area contributed by atoms with E-state index in [2.05, 4.69) is 35.6 Å². The molecule has 74 valence electrons. The highest BCUT2D eigenvalue weighted by Gasteiger charge is 2.20. The number of aromatic nitrogens is 1. The number of hydrogen-bond donors (Lipinski definition) is 4. The smallest absolute Gasteiger partial charge is 0.0587 e. The van der Waals surface area contributed by atoms with E-state index in [-0.39, 0.29) is 5.41 Å². The Hall–Kier alpha value is -0.840. The maximum Gasteiger partial charge on any atom is 0.0587 e. The molecule has 0 saturated heterocycles. The zero-order valence-corrected chi connectivity index (χ0v) is 8.22. The minimum atomic E-state index is 0.111. The van der Waals surface area contributed by atoms with Crippen LogP contribution in [0.1, 0.15) is 19.5 Å². The number of rotatable bonds is 5. The Kier molecular flexibility index (Phi) is 3.48. The van der Waals surface area contributed by atoms with E-state index < -0.39 is 0 Å². The van der Waals surface area contributed by atoms with Crippen LogP contribution in [0, 0.1) is 0 Å². The molecule has 0 aromatic carbocycles. The van der Waals surface area contributed by atoms with Crippen molar-refractivity contribution in [1.29, 1.82) is 0 Å². The number of hydrazine groups is 1. The Bertz CT molecular complexity index is 228. The van der Waals surface area contributed by atoms with Crippen LogP contribution in [-0.2, 0) is 5.41 Å². The highest BCUT2D eigenvalue weighted by atomic mass is 15.3. The van der Waals surface area contributed by atoms with Crippen molar-refractivity contribution in [2.75, 3.05) is 13.2 Å². The van der Waals surface area contributed by atoms with E-state index in [0.717, 1.165) is 6.54 Å². The van der Waals surface area contributed by atoms with Gasteiger partial charge in [-0.1, -0.05) is 13.8 Å². The molecule has 0 spiro atoms. The van der Waals surface area contributed by atoms with Gasteiger partial charge >= 0.3 is 0 Å². The van der Waals surface area contributed by atoms with Gasteiger partial charge in [-0.15, -0.1) is 0 Å². The summed E-state index contributed by atoms with van der Waals surface area (Å²) in [6.07, 6.45) is 1.94. The number of nitrogens with one attached hydrogen (secondary N) is 3. The fourth-order valence-corrected chi connectivity index (χ4v) is 1.29. The van der Waals surface area contributed by atoms with Crippen LogP contribution in [0.25, 0.3) is 0 Å². The van der Waals surface area contributed by atoms with Crippen molar-refractivity contribution in [2.24, 2.45) is 5.84 Å². The molecule has 0 amide bonds. The molecular formula is C9H18N4. The molecule has 1 aromatic rings. The summed E-state index contributed by atoms with van der Waals surface area (Å²) in [5.41, 5.74) is 3.91. The van der Waals surface area contributed by atoms with Gasteiger partial charge in [0.2, 0.25) is 0 Å². The van der Waals surface area contributed by atoms with Crippen LogP contribution < -0.4 is 16.6 Å². The molecule has 0 unspecified atom stereocenters. The fourth-order valence-electron chi connectivity index (χ4n) is 1.29. The van der Waals surface area contributed by atoms with Crippen molar-refractivity contribution < 1.29 is 0 Å². The van der Waals surface area contributed by atoms with Gasteiger partial charge in [0, 0.05) is 23.9 Å². The monoisotopic (exact) mass is 182 g/mol. The molecule has 1 rings (SSSR count). The van der Waals surface area contributed by atoms with E-state index in [4.69, 9.17) is 5.84 Å². The summed E-state index contributed by atoms with van der Waals surface area (Å²) in [4.78, 5) is 3.21. The minimum Gasteiger partial charge on any atom is -0.365 e. The van der Waals surface area contributed by atoms with Gasteiger partial charge < -0.3 is 10.3 Å². The maximum atomic E-state index is 5.16. The number of nitrogens with two attached hydrogens (primary N) is 1. The molecule has 0 aliphatic carbocycles. The van der Waals surface area contributed by atoms with Crippen LogP contribution >= 0.6 is 0 Å². The van der Waals surface area contributed by atoms with Gasteiger partial charge in [-0.25, -0.2) is 5.43 Å². The summed E-state index contributed by atoms with van der Waals surface area (Å²) in [7, 11) is 0. The fraction of sp³-hybridized carbons (Fsp3) is 0.556. The van der Waals surface area contributed by atoms with Gasteiger partial charge in [-0.3, -0.25) is 5.84 Å². The zero-order chi connectivity index (χ0) is 9.73. The summed E-state index contributed by atoms with van der Waals surface area (Å²) in [6, 6.07) is 4.11. The Morgan fingerprint density at radius 1 is 1.54 bits per heavy atom. The van der Waals surface area contributed by atoms with Crippen LogP contribution in [0.2, 0.25) is 0 Å². The van der Waals surface area contributed by atoms with Gasteiger partial charge in [0.1, 0.15) is 0 Å². The number of aromatic amines is 1. The normalized spacial score (nSPS) is 11.9. The van der Waals surface area contributed by atoms with Crippen molar-refractivity contribution in [3.63, 3.8) is 0 Å². The van der Waals surface area contributed by atoms with E-state index in [1.165, 1.54) is 5.69 Å². The summed E-state index contributed by atoms with van der Waals surface area (Å²) >= 11 is 0. The summed E-state index contributed by atoms with van der Waals surface area (Å²) in [5, 5.41) is 3.21. The first kappa shape index (κ1) is 10.2. The molecule has 0 atom stereocenters. The maximum absolute atomic E-state index is 5.16. The Balaban J connectivity index is 2.46. The standard InChI is InChI=1S/C9H18N4/c1-9(2,6-11-7-13-10)8-4-3-5-12-8/h3-5,11-13H,6-7,10H2,1-2H3. The molecule has 0 bridgehead atoms. The summed E-state index contributed by atoms with van der Waals surface area (Å²) in [5.74, 6) is 5.16. The Labute approximate surface area is 78.9 Å². The summed E-state index contributed by atoms with van der Waals surface area (Å²) < 4.78 is 0. The molecule has 5 N–H and O–H groups in total. The lowest BCUT2D eigenvalue weighted by molar-refractivity contribution is 0.446. The van der Waals surface area contributed by atoms with Crippen LogP contribution in [0.5, 0.6) is 0 Å². The second-order valence-corrected chi connectivity index (χ2v) is 3.78. The van der Waals surface area contributed by atoms with Crippen molar-refractivity contribution in [3.05, 3.63) is 24.0 Å². The Morgan fingerprint density at radius 3 is 2.85 bits per heavy atom. The van der Waals surface area contributed by atoms with Crippen molar-refractivity contribution >= 4 is 0 Å². The van der Waals surface area contributed by atoms with E-state index in [1.54, 1.807) is 0 Å². The van der Waals surface area contributed by atoms with E-state index in [9.17, 15) is 0 Å². The van der Waals surface area contributed by atoms with Crippen LogP contribution in [0.3, 0.4) is 0 Å². The lowest BCUT2D eigenvalue weighted by Crippen LogP contribution is -2.40. The van der Waals surface area contributed by atoms with Crippen molar-refractivity contribution in [3.8, 4) is 0 Å². The van der Waals surface area contributed by atoms with Crippen molar-refractivity contribution in [1.82, 2.24) is 15.7 Å². The largest absolute Gasteiger partial charge is 0.365 e. The molecule has 0 fully saturated rings. The van der Waals surface area contributed by atoms with Gasteiger partial charge in [-0.05, 0) is 12.1 Å². The zero-order valence-electron chi connectivity index (χ0n) is 8.22. The highest BCUT2D eigenvalue weighted by molar-refractivity contribution is 5.15. The second kappa shape index (κ2) is 4.41. The first-order valence-electron chi connectivity index (χ1n) is 4.45. The predicted octanol–water partition coefficient (Wildman–Crippen LogP) is 0.303. The van der Waals surface area contributed by atoms with Gasteiger partial charge in [0.15, 0.2) is 0 Å². The van der Waals surface area contributed by atoms with Gasteiger partial charge in [-0.2, -0.15) is 0 Å². The van der Waals surface area contributed by atoms with Crippen LogP contribution in [0.15, 0.2) is 18.3 Å². The van der Waals surface area contributed by atoms with E-state index in [1.807, 2.05) is 12.3 Å². The van der Waals surface area contributed by atoms with Crippen molar-refractivity contribution in [2.45, 2.75) is 19.3 Å². The number of H-pyrrole nitrogens is 1. The molecule has 1 aromatic heterocycles. The summed E-state index contributed by atoms with van der Waals surface area (Å²) in [6.45, 7) is 5.88. The van der Waals surface area contributed by atoms with E-state index >= 15 is 0 Å². The third-order valence-corrected chi connectivity index (χ3v) is 2.12. The molecule has 4 heteroatoms. The highest BCUT2D eigenvalue weighted by Crippen LogP contribution is 2.19. The van der Waals surface area contributed by atoms with E-state index in [0.29, 0.717) is 6.67 Å². The third kappa shape index (κ3) is 2.84.